The number of nitrogens with one attached hydrogen (secondary N) is 1. The third-order valence-electron chi connectivity index (χ3n) is 1.66. The lowest BCUT2D eigenvalue weighted by molar-refractivity contribution is 0.146. The molecule has 0 aliphatic heterocycles. The van der Waals surface area contributed by atoms with E-state index < -0.39 is 17.5 Å². The first-order chi connectivity index (χ1) is 6.56. The zero-order valence-corrected chi connectivity index (χ0v) is 7.05. The van der Waals surface area contributed by atoms with Gasteiger partial charge in [0.25, 0.3) is 6.43 Å². The number of rotatable bonds is 2. The van der Waals surface area contributed by atoms with Crippen LogP contribution in [0.3, 0.4) is 0 Å². The number of aromatic nitrogens is 1. The van der Waals surface area contributed by atoms with Gasteiger partial charge in [0, 0.05) is 6.07 Å². The number of nitriles is 1. The molecule has 0 aliphatic rings. The van der Waals surface area contributed by atoms with Crippen LogP contribution in [0.25, 0.3) is 0 Å². The summed E-state index contributed by atoms with van der Waals surface area (Å²) in [5.74, 6) is 0. The third-order valence-corrected chi connectivity index (χ3v) is 1.66. The Kier molecular flexibility index (Phi) is 2.82. The van der Waals surface area contributed by atoms with Gasteiger partial charge >= 0.3 is 0 Å². The molecule has 3 N–H and O–H groups in total. The molecule has 0 radical (unpaired) electrons. The summed E-state index contributed by atoms with van der Waals surface area (Å²) in [5.41, 5.74) is 3.94. The van der Waals surface area contributed by atoms with Gasteiger partial charge in [-0.1, -0.05) is 0 Å². The number of alkyl halides is 2. The minimum absolute atomic E-state index is 0.0373. The highest BCUT2D eigenvalue weighted by Crippen LogP contribution is 2.16. The molecule has 0 saturated heterocycles. The maximum absolute atomic E-state index is 12.2. The van der Waals surface area contributed by atoms with Crippen LogP contribution < -0.4 is 11.2 Å². The summed E-state index contributed by atoms with van der Waals surface area (Å²) in [4.78, 5) is 13.3. The van der Waals surface area contributed by atoms with Crippen LogP contribution in [-0.2, 0) is 6.42 Å². The van der Waals surface area contributed by atoms with Crippen molar-refractivity contribution < 1.29 is 8.78 Å². The number of H-pyrrole nitrogens is 1. The van der Waals surface area contributed by atoms with Crippen LogP contribution in [0.1, 0.15) is 17.8 Å². The standard InChI is InChI=1S/C8H7F2N3O/c9-8(10)5-3-6(14)7(12)4(13-5)1-2-11/h3,8H,1,12H2,(H,13,14). The Hall–Kier alpha value is -1.90. The molecule has 14 heavy (non-hydrogen) atoms. The minimum atomic E-state index is -2.78. The quantitative estimate of drug-likeness (QED) is 0.744. The van der Waals surface area contributed by atoms with Crippen molar-refractivity contribution >= 4 is 5.69 Å². The molecule has 1 aromatic rings. The van der Waals surface area contributed by atoms with E-state index in [0.717, 1.165) is 6.07 Å². The number of halogens is 2. The second-order valence-corrected chi connectivity index (χ2v) is 2.62. The molecule has 0 amide bonds. The number of nitrogen functional groups attached to an aromatic ring is 1. The SMILES string of the molecule is N#CCc1[nH]c(C(F)F)cc(=O)c1N. The molecule has 0 bridgehead atoms. The average Bonchev–Trinajstić information content (AvgIpc) is 2.12. The lowest BCUT2D eigenvalue weighted by Crippen LogP contribution is -2.14. The maximum atomic E-state index is 12.2. The molecule has 1 aromatic heterocycles. The van der Waals surface area contributed by atoms with Crippen molar-refractivity contribution in [3.63, 3.8) is 0 Å². The molecule has 0 saturated carbocycles. The number of aromatic amines is 1. The summed E-state index contributed by atoms with van der Waals surface area (Å²) in [6.45, 7) is 0. The van der Waals surface area contributed by atoms with E-state index in [2.05, 4.69) is 4.98 Å². The molecule has 0 aliphatic carbocycles. The summed E-state index contributed by atoms with van der Waals surface area (Å²) in [6.07, 6.45) is -2.97. The first kappa shape index (κ1) is 10.2. The van der Waals surface area contributed by atoms with E-state index in [-0.39, 0.29) is 17.8 Å². The van der Waals surface area contributed by atoms with E-state index in [9.17, 15) is 13.6 Å². The van der Waals surface area contributed by atoms with E-state index in [1.807, 2.05) is 0 Å². The van der Waals surface area contributed by atoms with Crippen molar-refractivity contribution in [1.29, 1.82) is 5.26 Å². The van der Waals surface area contributed by atoms with Crippen molar-refractivity contribution in [3.05, 3.63) is 27.7 Å². The molecule has 1 rings (SSSR count). The summed E-state index contributed by atoms with van der Waals surface area (Å²) in [7, 11) is 0. The van der Waals surface area contributed by atoms with Crippen LogP contribution in [-0.4, -0.2) is 4.98 Å². The highest BCUT2D eigenvalue weighted by Gasteiger charge is 2.12. The lowest BCUT2D eigenvalue weighted by atomic mass is 10.2. The van der Waals surface area contributed by atoms with Gasteiger partial charge in [-0.2, -0.15) is 5.26 Å². The zero-order chi connectivity index (χ0) is 10.7. The van der Waals surface area contributed by atoms with Gasteiger partial charge in [-0.05, 0) is 0 Å². The number of pyridine rings is 1. The van der Waals surface area contributed by atoms with Crippen molar-refractivity contribution in [3.8, 4) is 6.07 Å². The second-order valence-electron chi connectivity index (χ2n) is 2.62. The van der Waals surface area contributed by atoms with Gasteiger partial charge in [0.1, 0.15) is 5.69 Å². The van der Waals surface area contributed by atoms with Crippen LogP contribution in [0.5, 0.6) is 0 Å². The Bertz CT molecular complexity index is 433. The highest BCUT2D eigenvalue weighted by molar-refractivity contribution is 5.44. The maximum Gasteiger partial charge on any atom is 0.278 e. The highest BCUT2D eigenvalue weighted by atomic mass is 19.3. The Labute approximate surface area is 78.0 Å². The molecule has 6 heteroatoms. The van der Waals surface area contributed by atoms with E-state index in [1.54, 1.807) is 6.07 Å². The van der Waals surface area contributed by atoms with Gasteiger partial charge < -0.3 is 10.7 Å². The van der Waals surface area contributed by atoms with E-state index >= 15 is 0 Å². The molecular weight excluding hydrogens is 192 g/mol. The zero-order valence-electron chi connectivity index (χ0n) is 7.05. The van der Waals surface area contributed by atoms with Gasteiger partial charge in [-0.15, -0.1) is 0 Å². The average molecular weight is 199 g/mol. The number of nitrogens with zero attached hydrogens (tertiary/aromatic N) is 1. The summed E-state index contributed by atoms with van der Waals surface area (Å²) in [5, 5.41) is 8.35. The fourth-order valence-electron chi connectivity index (χ4n) is 0.981. The Morgan fingerprint density at radius 1 is 1.64 bits per heavy atom. The van der Waals surface area contributed by atoms with Gasteiger partial charge in [0.15, 0.2) is 0 Å². The van der Waals surface area contributed by atoms with E-state index in [0.29, 0.717) is 0 Å². The van der Waals surface area contributed by atoms with Gasteiger partial charge in [0.2, 0.25) is 5.43 Å². The summed E-state index contributed by atoms with van der Waals surface area (Å²) >= 11 is 0. The largest absolute Gasteiger partial charge is 0.394 e. The molecule has 0 atom stereocenters. The Balaban J connectivity index is 3.30. The topological polar surface area (TPSA) is 82.7 Å². The van der Waals surface area contributed by atoms with Gasteiger partial charge in [-0.3, -0.25) is 4.79 Å². The van der Waals surface area contributed by atoms with E-state index in [1.165, 1.54) is 0 Å². The van der Waals surface area contributed by atoms with Crippen molar-refractivity contribution in [2.45, 2.75) is 12.8 Å². The summed E-state index contributed by atoms with van der Waals surface area (Å²) in [6, 6.07) is 2.46. The van der Waals surface area contributed by atoms with Gasteiger partial charge in [-0.25, -0.2) is 8.78 Å². The van der Waals surface area contributed by atoms with Crippen molar-refractivity contribution in [2.75, 3.05) is 5.73 Å². The molecular formula is C8H7F2N3O. The fraction of sp³-hybridized carbons (Fsp3) is 0.250. The fourth-order valence-corrected chi connectivity index (χ4v) is 0.981. The predicted octanol–water partition coefficient (Wildman–Crippen LogP) is 0.961. The van der Waals surface area contributed by atoms with Crippen LogP contribution in [0.2, 0.25) is 0 Å². The molecule has 74 valence electrons. The first-order valence-electron chi connectivity index (χ1n) is 3.73. The monoisotopic (exact) mass is 199 g/mol. The van der Waals surface area contributed by atoms with Crippen LogP contribution >= 0.6 is 0 Å². The van der Waals surface area contributed by atoms with Crippen LogP contribution in [0.15, 0.2) is 10.9 Å². The number of anilines is 1. The smallest absolute Gasteiger partial charge is 0.278 e. The molecule has 0 fully saturated rings. The normalized spacial score (nSPS) is 10.1. The molecule has 0 spiro atoms. The Morgan fingerprint density at radius 2 is 2.29 bits per heavy atom. The lowest BCUT2D eigenvalue weighted by Gasteiger charge is -2.04. The van der Waals surface area contributed by atoms with Gasteiger partial charge in [0.05, 0.1) is 23.9 Å². The number of hydrogen-bond acceptors (Lipinski definition) is 3. The minimum Gasteiger partial charge on any atom is -0.394 e. The van der Waals surface area contributed by atoms with Crippen LogP contribution in [0, 0.1) is 11.3 Å². The van der Waals surface area contributed by atoms with Crippen LogP contribution in [0.4, 0.5) is 14.5 Å². The predicted molar refractivity (Wildman–Crippen MR) is 45.7 cm³/mol. The Morgan fingerprint density at radius 3 is 2.79 bits per heavy atom. The number of hydrogen-bond donors (Lipinski definition) is 2. The van der Waals surface area contributed by atoms with Crippen molar-refractivity contribution in [1.82, 2.24) is 4.98 Å². The third kappa shape index (κ3) is 1.88. The van der Waals surface area contributed by atoms with Crippen molar-refractivity contribution in [2.24, 2.45) is 0 Å². The molecule has 0 aromatic carbocycles. The second kappa shape index (κ2) is 3.87. The molecule has 1 heterocycles. The summed E-state index contributed by atoms with van der Waals surface area (Å²) < 4.78 is 24.4. The molecule has 0 unspecified atom stereocenters. The molecule has 4 nitrogen and oxygen atoms in total. The first-order valence-corrected chi connectivity index (χ1v) is 3.73. The number of nitrogens with two attached hydrogens (primary N) is 1. The van der Waals surface area contributed by atoms with E-state index in [4.69, 9.17) is 11.0 Å².